The Bertz CT molecular complexity index is 1330. The highest BCUT2D eigenvalue weighted by atomic mass is 19.1. The molecule has 2 aromatic heterocycles. The number of ether oxygens (including phenoxy) is 1. The minimum Gasteiger partial charge on any atom is -0.409 e. The molecule has 0 unspecified atom stereocenters. The largest absolute Gasteiger partial charge is 0.427 e. The summed E-state index contributed by atoms with van der Waals surface area (Å²) in [5.74, 6) is 0.153. The number of piperazine rings is 1. The number of carbonyl (C=O) groups excluding carboxylic acids is 1. The molecule has 0 spiro atoms. The molecule has 0 radical (unpaired) electrons. The highest BCUT2D eigenvalue weighted by Crippen LogP contribution is 2.27. The number of pyridine rings is 1. The van der Waals surface area contributed by atoms with Gasteiger partial charge in [0.15, 0.2) is 0 Å². The molecule has 0 saturated carbocycles. The fourth-order valence-electron chi connectivity index (χ4n) is 4.66. The zero-order valence-electron chi connectivity index (χ0n) is 20.4. The second kappa shape index (κ2) is 10.9. The highest BCUT2D eigenvalue weighted by molar-refractivity contribution is 5.86. The van der Waals surface area contributed by atoms with E-state index in [-0.39, 0.29) is 5.82 Å². The molecule has 1 fully saturated rings. The number of hydrazine groups is 1. The van der Waals surface area contributed by atoms with Gasteiger partial charge in [0.1, 0.15) is 11.6 Å². The van der Waals surface area contributed by atoms with E-state index >= 15 is 0 Å². The van der Waals surface area contributed by atoms with Crippen molar-refractivity contribution in [2.45, 2.75) is 26.4 Å². The van der Waals surface area contributed by atoms with Crippen LogP contribution in [-0.2, 0) is 19.5 Å². The third-order valence-electron chi connectivity index (χ3n) is 6.59. The Balaban J connectivity index is 1.20. The van der Waals surface area contributed by atoms with E-state index in [4.69, 9.17) is 4.74 Å². The van der Waals surface area contributed by atoms with Gasteiger partial charge in [-0.2, -0.15) is 0 Å². The fourth-order valence-corrected chi connectivity index (χ4v) is 4.66. The molecule has 1 aliphatic heterocycles. The van der Waals surface area contributed by atoms with Gasteiger partial charge in [-0.05, 0) is 41.8 Å². The third kappa shape index (κ3) is 5.56. The molecule has 5 rings (SSSR count). The molecular weight excluding hydrogens is 457 g/mol. The van der Waals surface area contributed by atoms with Crippen LogP contribution in [0.15, 0.2) is 73.2 Å². The Morgan fingerprint density at radius 1 is 1.03 bits per heavy atom. The summed E-state index contributed by atoms with van der Waals surface area (Å²) in [6.07, 6.45) is 5.17. The number of benzene rings is 2. The number of halogens is 1. The number of aryl methyl sites for hydroxylation is 1. The number of nitrogens with one attached hydrogen (secondary N) is 1. The van der Waals surface area contributed by atoms with Crippen LogP contribution in [0.2, 0.25) is 0 Å². The van der Waals surface area contributed by atoms with Gasteiger partial charge in [0, 0.05) is 61.6 Å². The van der Waals surface area contributed by atoms with Crippen molar-refractivity contribution in [3.05, 3.63) is 95.7 Å². The van der Waals surface area contributed by atoms with Gasteiger partial charge in [-0.1, -0.05) is 37.3 Å². The Labute approximate surface area is 210 Å². The van der Waals surface area contributed by atoms with Crippen LogP contribution in [0, 0.1) is 5.82 Å². The molecule has 36 heavy (non-hydrogen) atoms. The normalized spacial score (nSPS) is 14.7. The lowest BCUT2D eigenvalue weighted by atomic mass is 10.1. The average molecular weight is 488 g/mol. The predicted octanol–water partition coefficient (Wildman–Crippen LogP) is 4.61. The molecule has 0 aliphatic carbocycles. The molecule has 186 valence electrons. The summed E-state index contributed by atoms with van der Waals surface area (Å²) in [4.78, 5) is 18.8. The van der Waals surface area contributed by atoms with Crippen molar-refractivity contribution in [2.75, 3.05) is 26.2 Å². The van der Waals surface area contributed by atoms with Crippen LogP contribution in [0.25, 0.3) is 10.9 Å². The monoisotopic (exact) mass is 487 g/mol. The Morgan fingerprint density at radius 2 is 1.83 bits per heavy atom. The van der Waals surface area contributed by atoms with Gasteiger partial charge in [0.25, 0.3) is 0 Å². The molecular formula is C28H30FN5O2. The van der Waals surface area contributed by atoms with Gasteiger partial charge in [-0.15, -0.1) is 0 Å². The van der Waals surface area contributed by atoms with Crippen molar-refractivity contribution in [2.24, 2.45) is 0 Å². The first-order valence-corrected chi connectivity index (χ1v) is 12.3. The summed E-state index contributed by atoms with van der Waals surface area (Å²) in [7, 11) is 0. The predicted molar refractivity (Wildman–Crippen MR) is 137 cm³/mol. The van der Waals surface area contributed by atoms with E-state index < -0.39 is 6.09 Å². The van der Waals surface area contributed by atoms with Gasteiger partial charge in [-0.3, -0.25) is 15.3 Å². The summed E-state index contributed by atoms with van der Waals surface area (Å²) in [6, 6.07) is 17.7. The Kier molecular flexibility index (Phi) is 7.25. The summed E-state index contributed by atoms with van der Waals surface area (Å²) >= 11 is 0. The first-order chi connectivity index (χ1) is 17.6. The molecule has 1 amide bonds. The minimum atomic E-state index is -0.498. The van der Waals surface area contributed by atoms with E-state index in [9.17, 15) is 9.18 Å². The maximum Gasteiger partial charge on any atom is 0.427 e. The fraction of sp³-hybridized carbons (Fsp3) is 0.286. The van der Waals surface area contributed by atoms with Crippen LogP contribution < -0.4 is 10.2 Å². The molecule has 0 atom stereocenters. The number of rotatable bonds is 7. The van der Waals surface area contributed by atoms with Crippen LogP contribution in [-0.4, -0.2) is 51.7 Å². The lowest BCUT2D eigenvalue weighted by Gasteiger charge is -2.34. The minimum absolute atomic E-state index is 0.324. The number of hydrogen-bond donors (Lipinski definition) is 1. The Morgan fingerprint density at radius 3 is 2.58 bits per heavy atom. The molecule has 1 saturated heterocycles. The first-order valence-electron chi connectivity index (χ1n) is 12.3. The number of amides is 1. The highest BCUT2D eigenvalue weighted by Gasteiger charge is 2.19. The lowest BCUT2D eigenvalue weighted by molar-refractivity contribution is 0.0829. The third-order valence-corrected chi connectivity index (χ3v) is 6.59. The van der Waals surface area contributed by atoms with E-state index in [1.807, 2.05) is 34.0 Å². The smallest absolute Gasteiger partial charge is 0.409 e. The molecule has 3 heterocycles. The maximum absolute atomic E-state index is 14.1. The summed E-state index contributed by atoms with van der Waals surface area (Å²) in [5, 5.41) is 2.89. The van der Waals surface area contributed by atoms with Crippen LogP contribution in [0.4, 0.5) is 9.18 Å². The summed E-state index contributed by atoms with van der Waals surface area (Å²) in [5.41, 5.74) is 6.81. The molecule has 0 bridgehead atoms. The average Bonchev–Trinajstić information content (AvgIpc) is 3.24. The number of fused-ring (bicyclic) bond motifs is 1. The van der Waals surface area contributed by atoms with Crippen molar-refractivity contribution < 1.29 is 13.9 Å². The first kappa shape index (κ1) is 24.0. The van der Waals surface area contributed by atoms with Crippen molar-refractivity contribution in [1.29, 1.82) is 0 Å². The van der Waals surface area contributed by atoms with Gasteiger partial charge in [-0.25, -0.2) is 14.2 Å². The maximum atomic E-state index is 14.1. The topological polar surface area (TPSA) is 62.6 Å². The van der Waals surface area contributed by atoms with Gasteiger partial charge < -0.3 is 9.30 Å². The SMILES string of the molecule is CCc1cn(Cc2ccncc2F)c2ccc(OC(=O)NN3CCN(Cc4ccccc4)CC3)cc12. The second-order valence-electron chi connectivity index (χ2n) is 9.03. The van der Waals surface area contributed by atoms with E-state index in [0.717, 1.165) is 55.6 Å². The zero-order chi connectivity index (χ0) is 24.9. The number of nitrogens with zero attached hydrogens (tertiary/aromatic N) is 4. The van der Waals surface area contributed by atoms with E-state index in [0.29, 0.717) is 17.9 Å². The quantitative estimate of drug-likeness (QED) is 0.413. The molecule has 1 aliphatic rings. The van der Waals surface area contributed by atoms with Crippen LogP contribution in [0.5, 0.6) is 5.75 Å². The molecule has 4 aromatic rings. The molecule has 8 heteroatoms. The lowest BCUT2D eigenvalue weighted by Crippen LogP contribution is -2.53. The number of aromatic nitrogens is 2. The van der Waals surface area contributed by atoms with Crippen molar-refractivity contribution in [3.63, 3.8) is 0 Å². The number of carbonyl (C=O) groups is 1. The standard InChI is InChI=1S/C28H30FN5O2/c1-2-22-19-33(20-23-10-11-30-17-26(23)29)27-9-8-24(16-25(22)27)36-28(35)31-34-14-12-32(13-15-34)18-21-6-4-3-5-7-21/h3-11,16-17,19H,2,12-15,18,20H2,1H3,(H,31,35). The second-order valence-corrected chi connectivity index (χ2v) is 9.03. The van der Waals surface area contributed by atoms with Gasteiger partial charge >= 0.3 is 6.09 Å². The summed E-state index contributed by atoms with van der Waals surface area (Å²) in [6.45, 7) is 6.59. The summed E-state index contributed by atoms with van der Waals surface area (Å²) < 4.78 is 21.8. The van der Waals surface area contributed by atoms with Crippen LogP contribution in [0.3, 0.4) is 0 Å². The van der Waals surface area contributed by atoms with E-state index in [1.54, 1.807) is 18.3 Å². The van der Waals surface area contributed by atoms with Crippen LogP contribution in [0.1, 0.15) is 23.6 Å². The molecule has 1 N–H and O–H groups in total. The van der Waals surface area contributed by atoms with E-state index in [1.165, 1.54) is 11.8 Å². The zero-order valence-corrected chi connectivity index (χ0v) is 20.4. The van der Waals surface area contributed by atoms with E-state index in [2.05, 4.69) is 46.5 Å². The van der Waals surface area contributed by atoms with Crippen molar-refractivity contribution >= 4 is 17.0 Å². The Hall–Kier alpha value is -3.75. The van der Waals surface area contributed by atoms with Crippen molar-refractivity contribution in [3.8, 4) is 5.75 Å². The van der Waals surface area contributed by atoms with Crippen LogP contribution >= 0.6 is 0 Å². The van der Waals surface area contributed by atoms with Gasteiger partial charge in [0.2, 0.25) is 0 Å². The number of hydrogen-bond acceptors (Lipinski definition) is 5. The van der Waals surface area contributed by atoms with Gasteiger partial charge in [0.05, 0.1) is 12.7 Å². The molecule has 2 aromatic carbocycles. The van der Waals surface area contributed by atoms with Crippen molar-refractivity contribution in [1.82, 2.24) is 24.9 Å². The molecule has 7 nitrogen and oxygen atoms in total.